The number of rotatable bonds is 2. The molecule has 1 rings (SSSR count). The van der Waals surface area contributed by atoms with Crippen LogP contribution < -0.4 is 0 Å². The van der Waals surface area contributed by atoms with Crippen LogP contribution >= 0.6 is 0 Å². The second kappa shape index (κ2) is 4.16. The fourth-order valence-electron chi connectivity index (χ4n) is 1.38. The zero-order valence-electron chi connectivity index (χ0n) is 7.55. The summed E-state index contributed by atoms with van der Waals surface area (Å²) in [5, 5.41) is 9.06. The predicted molar refractivity (Wildman–Crippen MR) is 42.5 cm³/mol. The van der Waals surface area contributed by atoms with Gasteiger partial charge in [-0.15, -0.1) is 0 Å². The van der Waals surface area contributed by atoms with E-state index in [9.17, 15) is 18.0 Å². The highest BCUT2D eigenvalue weighted by Gasteiger charge is 2.31. The Balaban J connectivity index is 2.29. The van der Waals surface area contributed by atoms with Gasteiger partial charge in [-0.1, -0.05) is 0 Å². The Morgan fingerprint density at radius 1 is 1.50 bits per heavy atom. The summed E-state index contributed by atoms with van der Waals surface area (Å²) in [6, 6.07) is 0. The van der Waals surface area contributed by atoms with Gasteiger partial charge in [0.2, 0.25) is 5.91 Å². The summed E-state index contributed by atoms with van der Waals surface area (Å²) >= 11 is 0. The van der Waals surface area contributed by atoms with Gasteiger partial charge in [-0.2, -0.15) is 13.2 Å². The van der Waals surface area contributed by atoms with Crippen LogP contribution in [0.3, 0.4) is 0 Å². The molecule has 0 aromatic rings. The summed E-state index contributed by atoms with van der Waals surface area (Å²) in [5.74, 6) is -0.529. The first kappa shape index (κ1) is 11.3. The molecule has 0 saturated carbocycles. The summed E-state index contributed by atoms with van der Waals surface area (Å²) < 4.78 is 35.3. The van der Waals surface area contributed by atoms with Crippen LogP contribution in [0.1, 0.15) is 19.3 Å². The third kappa shape index (κ3) is 3.53. The summed E-state index contributed by atoms with van der Waals surface area (Å²) in [6.07, 6.45) is -6.01. The molecule has 1 saturated heterocycles. The van der Waals surface area contributed by atoms with Crippen molar-refractivity contribution in [2.24, 2.45) is 0 Å². The molecule has 1 aliphatic rings. The van der Waals surface area contributed by atoms with Crippen molar-refractivity contribution in [3.8, 4) is 0 Å². The van der Waals surface area contributed by atoms with E-state index in [1.165, 1.54) is 4.90 Å². The molecule has 1 atom stereocenters. The van der Waals surface area contributed by atoms with Crippen LogP contribution in [-0.2, 0) is 4.79 Å². The van der Waals surface area contributed by atoms with E-state index in [4.69, 9.17) is 5.11 Å². The molecule has 0 unspecified atom stereocenters. The molecule has 14 heavy (non-hydrogen) atoms. The SMILES string of the molecule is O=C(CCC(F)(F)F)N1CC[C@@H](O)C1. The quantitative estimate of drug-likeness (QED) is 0.737. The van der Waals surface area contributed by atoms with Gasteiger partial charge in [0.15, 0.2) is 0 Å². The van der Waals surface area contributed by atoms with Crippen LogP contribution in [0.5, 0.6) is 0 Å². The summed E-state index contributed by atoms with van der Waals surface area (Å²) in [4.78, 5) is 12.4. The molecule has 3 nitrogen and oxygen atoms in total. The molecule has 82 valence electrons. The molecule has 1 heterocycles. The van der Waals surface area contributed by atoms with Gasteiger partial charge in [0.05, 0.1) is 12.5 Å². The van der Waals surface area contributed by atoms with E-state index in [1.54, 1.807) is 0 Å². The van der Waals surface area contributed by atoms with Crippen molar-refractivity contribution in [1.29, 1.82) is 0 Å². The molecule has 0 radical (unpaired) electrons. The smallest absolute Gasteiger partial charge is 0.389 e. The van der Waals surface area contributed by atoms with Gasteiger partial charge < -0.3 is 10.0 Å². The topological polar surface area (TPSA) is 40.5 Å². The maximum Gasteiger partial charge on any atom is 0.389 e. The van der Waals surface area contributed by atoms with Crippen LogP contribution in [0.15, 0.2) is 0 Å². The molecule has 0 aromatic carbocycles. The molecule has 1 amide bonds. The summed E-state index contributed by atoms with van der Waals surface area (Å²) in [7, 11) is 0. The van der Waals surface area contributed by atoms with Crippen molar-refractivity contribution in [1.82, 2.24) is 4.90 Å². The number of nitrogens with zero attached hydrogens (tertiary/aromatic N) is 1. The van der Waals surface area contributed by atoms with E-state index in [-0.39, 0.29) is 6.54 Å². The van der Waals surface area contributed by atoms with Crippen molar-refractivity contribution in [3.63, 3.8) is 0 Å². The number of alkyl halides is 3. The van der Waals surface area contributed by atoms with Gasteiger partial charge in [0.1, 0.15) is 0 Å². The van der Waals surface area contributed by atoms with Crippen LogP contribution in [0, 0.1) is 0 Å². The number of hydrogen-bond acceptors (Lipinski definition) is 2. The van der Waals surface area contributed by atoms with Crippen molar-refractivity contribution in [2.75, 3.05) is 13.1 Å². The first-order chi connectivity index (χ1) is 6.38. The van der Waals surface area contributed by atoms with Crippen LogP contribution in [0.2, 0.25) is 0 Å². The number of likely N-dealkylation sites (tertiary alicyclic amines) is 1. The number of β-amino-alcohol motifs (C(OH)–C–C–N with tert-alkyl or cyclic N) is 1. The molecular formula is C8H12F3NO2. The highest BCUT2D eigenvalue weighted by atomic mass is 19.4. The van der Waals surface area contributed by atoms with Gasteiger partial charge in [-0.3, -0.25) is 4.79 Å². The van der Waals surface area contributed by atoms with E-state index in [2.05, 4.69) is 0 Å². The number of aliphatic hydroxyl groups is 1. The molecule has 0 aromatic heterocycles. The Morgan fingerprint density at radius 2 is 2.14 bits per heavy atom. The lowest BCUT2D eigenvalue weighted by atomic mass is 10.3. The van der Waals surface area contributed by atoms with Crippen molar-refractivity contribution in [3.05, 3.63) is 0 Å². The molecule has 0 bridgehead atoms. The zero-order chi connectivity index (χ0) is 10.8. The second-order valence-electron chi connectivity index (χ2n) is 3.40. The highest BCUT2D eigenvalue weighted by molar-refractivity contribution is 5.76. The van der Waals surface area contributed by atoms with Crippen LogP contribution in [0.4, 0.5) is 13.2 Å². The number of amides is 1. The van der Waals surface area contributed by atoms with E-state index in [0.717, 1.165) is 0 Å². The molecule has 0 spiro atoms. The lowest BCUT2D eigenvalue weighted by Crippen LogP contribution is -2.30. The number of carbonyl (C=O) groups is 1. The van der Waals surface area contributed by atoms with Crippen molar-refractivity contribution in [2.45, 2.75) is 31.5 Å². The number of carbonyl (C=O) groups excluding carboxylic acids is 1. The van der Waals surface area contributed by atoms with E-state index in [1.807, 2.05) is 0 Å². The Hall–Kier alpha value is -0.780. The fraction of sp³-hybridized carbons (Fsp3) is 0.875. The van der Waals surface area contributed by atoms with Crippen molar-refractivity contribution >= 4 is 5.91 Å². The molecule has 6 heteroatoms. The second-order valence-corrected chi connectivity index (χ2v) is 3.40. The maximum atomic E-state index is 11.8. The van der Waals surface area contributed by atoms with Crippen LogP contribution in [-0.4, -0.2) is 41.3 Å². The average molecular weight is 211 g/mol. The first-order valence-corrected chi connectivity index (χ1v) is 4.41. The minimum Gasteiger partial charge on any atom is -0.391 e. The summed E-state index contributed by atoms with van der Waals surface area (Å²) in [5.41, 5.74) is 0. The highest BCUT2D eigenvalue weighted by Crippen LogP contribution is 2.22. The minimum absolute atomic E-state index is 0.163. The van der Waals surface area contributed by atoms with Crippen LogP contribution in [0.25, 0.3) is 0 Å². The summed E-state index contributed by atoms with van der Waals surface area (Å²) in [6.45, 7) is 0.522. The standard InChI is InChI=1S/C8H12F3NO2/c9-8(10,11)3-1-7(14)12-4-2-6(13)5-12/h6,13H,1-5H2/t6-/m1/s1. The number of aliphatic hydroxyl groups excluding tert-OH is 1. The van der Waals surface area contributed by atoms with Gasteiger partial charge >= 0.3 is 6.18 Å². The normalized spacial score (nSPS) is 22.9. The fourth-order valence-corrected chi connectivity index (χ4v) is 1.38. The maximum absolute atomic E-state index is 11.8. The lowest BCUT2D eigenvalue weighted by molar-refractivity contribution is -0.148. The van der Waals surface area contributed by atoms with E-state index >= 15 is 0 Å². The zero-order valence-corrected chi connectivity index (χ0v) is 7.55. The van der Waals surface area contributed by atoms with Gasteiger partial charge in [0, 0.05) is 19.5 Å². The Labute approximate surface area is 79.5 Å². The molecule has 0 aliphatic carbocycles. The molecule has 1 aliphatic heterocycles. The number of hydrogen-bond donors (Lipinski definition) is 1. The molecule has 1 N–H and O–H groups in total. The lowest BCUT2D eigenvalue weighted by Gasteiger charge is -2.15. The number of halogens is 3. The van der Waals surface area contributed by atoms with E-state index in [0.29, 0.717) is 13.0 Å². The monoisotopic (exact) mass is 211 g/mol. The van der Waals surface area contributed by atoms with Gasteiger partial charge in [0.25, 0.3) is 0 Å². The van der Waals surface area contributed by atoms with E-state index < -0.39 is 31.0 Å². The largest absolute Gasteiger partial charge is 0.391 e. The first-order valence-electron chi connectivity index (χ1n) is 4.41. The predicted octanol–water partition coefficient (Wildman–Crippen LogP) is 0.922. The van der Waals surface area contributed by atoms with Crippen molar-refractivity contribution < 1.29 is 23.1 Å². The molecule has 1 fully saturated rings. The average Bonchev–Trinajstić information content (AvgIpc) is 2.46. The minimum atomic E-state index is -4.28. The Kier molecular flexibility index (Phi) is 3.36. The van der Waals surface area contributed by atoms with Gasteiger partial charge in [-0.25, -0.2) is 0 Å². The Bertz CT molecular complexity index is 217. The molecular weight excluding hydrogens is 199 g/mol. The Morgan fingerprint density at radius 3 is 2.57 bits per heavy atom. The third-order valence-corrected chi connectivity index (χ3v) is 2.14. The third-order valence-electron chi connectivity index (χ3n) is 2.14. The van der Waals surface area contributed by atoms with Gasteiger partial charge in [-0.05, 0) is 6.42 Å².